The Balaban J connectivity index is 1.54. The smallest absolute Gasteiger partial charge is 0.230 e. The highest BCUT2D eigenvalue weighted by Crippen LogP contribution is 2.41. The Kier molecular flexibility index (Phi) is 6.44. The van der Waals surface area contributed by atoms with Gasteiger partial charge in [0.1, 0.15) is 5.82 Å². The molecule has 30 heavy (non-hydrogen) atoms. The molecule has 0 aliphatic carbocycles. The van der Waals surface area contributed by atoms with Gasteiger partial charge in [-0.05, 0) is 50.4 Å². The van der Waals surface area contributed by atoms with Gasteiger partial charge in [-0.3, -0.25) is 14.7 Å². The number of aromatic nitrogens is 1. The molecule has 4 rings (SSSR count). The SMILES string of the molecule is CCO[C@@H]1CN(Cc2ccccc2)C(=O)[C@@]2(CCCN(Cc3ncccc3F)C2)C1. The molecule has 1 spiro atoms. The molecular formula is C24H30FN3O2. The third-order valence-corrected chi connectivity index (χ3v) is 6.27. The summed E-state index contributed by atoms with van der Waals surface area (Å²) >= 11 is 0. The van der Waals surface area contributed by atoms with Gasteiger partial charge < -0.3 is 9.64 Å². The van der Waals surface area contributed by atoms with Gasteiger partial charge in [0.15, 0.2) is 0 Å². The highest BCUT2D eigenvalue weighted by Gasteiger charge is 2.49. The van der Waals surface area contributed by atoms with Gasteiger partial charge in [0.25, 0.3) is 0 Å². The van der Waals surface area contributed by atoms with Crippen LogP contribution in [-0.2, 0) is 22.6 Å². The fourth-order valence-electron chi connectivity index (χ4n) is 4.99. The van der Waals surface area contributed by atoms with Crippen LogP contribution in [-0.4, -0.2) is 53.0 Å². The van der Waals surface area contributed by atoms with Crippen LogP contribution in [0.25, 0.3) is 0 Å². The van der Waals surface area contributed by atoms with Crippen molar-refractivity contribution in [1.29, 1.82) is 0 Å². The minimum absolute atomic E-state index is 0.0305. The van der Waals surface area contributed by atoms with Crippen LogP contribution in [0.4, 0.5) is 4.39 Å². The van der Waals surface area contributed by atoms with Gasteiger partial charge in [-0.2, -0.15) is 0 Å². The van der Waals surface area contributed by atoms with Crippen molar-refractivity contribution in [3.8, 4) is 0 Å². The van der Waals surface area contributed by atoms with Crippen molar-refractivity contribution in [3.05, 3.63) is 65.7 Å². The number of piperidine rings is 2. The highest BCUT2D eigenvalue weighted by molar-refractivity contribution is 5.84. The number of rotatable bonds is 6. The van der Waals surface area contributed by atoms with Gasteiger partial charge in [-0.15, -0.1) is 0 Å². The van der Waals surface area contributed by atoms with Crippen LogP contribution in [0.5, 0.6) is 0 Å². The summed E-state index contributed by atoms with van der Waals surface area (Å²) in [6.45, 7) is 5.76. The number of hydrogen-bond donors (Lipinski definition) is 0. The van der Waals surface area contributed by atoms with Crippen LogP contribution < -0.4 is 0 Å². The summed E-state index contributed by atoms with van der Waals surface area (Å²) in [7, 11) is 0. The molecule has 0 unspecified atom stereocenters. The third-order valence-electron chi connectivity index (χ3n) is 6.27. The van der Waals surface area contributed by atoms with Crippen molar-refractivity contribution in [1.82, 2.24) is 14.8 Å². The molecule has 2 fully saturated rings. The molecule has 1 amide bonds. The van der Waals surface area contributed by atoms with Gasteiger partial charge in [0, 0.05) is 39.0 Å². The summed E-state index contributed by atoms with van der Waals surface area (Å²) in [5, 5.41) is 0. The fourth-order valence-corrected chi connectivity index (χ4v) is 4.99. The van der Waals surface area contributed by atoms with E-state index in [9.17, 15) is 9.18 Å². The second kappa shape index (κ2) is 9.23. The Bertz CT molecular complexity index is 863. The molecular weight excluding hydrogens is 381 g/mol. The first-order valence-corrected chi connectivity index (χ1v) is 10.9. The Morgan fingerprint density at radius 3 is 2.80 bits per heavy atom. The number of pyridine rings is 1. The van der Waals surface area contributed by atoms with E-state index in [1.165, 1.54) is 6.07 Å². The number of hydrogen-bond acceptors (Lipinski definition) is 4. The van der Waals surface area contributed by atoms with Crippen molar-refractivity contribution in [2.24, 2.45) is 5.41 Å². The van der Waals surface area contributed by atoms with Gasteiger partial charge in [0.05, 0.1) is 17.2 Å². The summed E-state index contributed by atoms with van der Waals surface area (Å²) < 4.78 is 20.2. The number of benzene rings is 1. The zero-order chi connectivity index (χ0) is 21.0. The molecule has 0 bridgehead atoms. The first kappa shape index (κ1) is 20.9. The van der Waals surface area contributed by atoms with E-state index in [4.69, 9.17) is 4.74 Å². The number of nitrogens with zero attached hydrogens (tertiary/aromatic N) is 3. The van der Waals surface area contributed by atoms with Crippen LogP contribution in [0.15, 0.2) is 48.7 Å². The van der Waals surface area contributed by atoms with E-state index < -0.39 is 5.41 Å². The zero-order valence-electron chi connectivity index (χ0n) is 17.6. The average Bonchev–Trinajstić information content (AvgIpc) is 2.75. The lowest BCUT2D eigenvalue weighted by Crippen LogP contribution is -2.59. The largest absolute Gasteiger partial charge is 0.377 e. The molecule has 6 heteroatoms. The topological polar surface area (TPSA) is 45.7 Å². The Hall–Kier alpha value is -2.31. The Morgan fingerprint density at radius 2 is 2.03 bits per heavy atom. The van der Waals surface area contributed by atoms with Crippen molar-refractivity contribution >= 4 is 5.91 Å². The molecule has 2 atom stereocenters. The number of halogens is 1. The highest BCUT2D eigenvalue weighted by atomic mass is 19.1. The Labute approximate surface area is 177 Å². The number of likely N-dealkylation sites (tertiary alicyclic amines) is 2. The number of ether oxygens (including phenoxy) is 1. The van der Waals surface area contributed by atoms with Crippen LogP contribution >= 0.6 is 0 Å². The van der Waals surface area contributed by atoms with E-state index in [1.54, 1.807) is 12.3 Å². The van der Waals surface area contributed by atoms with Crippen LogP contribution in [0.2, 0.25) is 0 Å². The van der Waals surface area contributed by atoms with Crippen LogP contribution in [0.3, 0.4) is 0 Å². The summed E-state index contributed by atoms with van der Waals surface area (Å²) in [6, 6.07) is 13.2. The van der Waals surface area contributed by atoms with Crippen LogP contribution in [0.1, 0.15) is 37.4 Å². The Morgan fingerprint density at radius 1 is 1.20 bits per heavy atom. The first-order valence-electron chi connectivity index (χ1n) is 10.9. The van der Waals surface area contributed by atoms with Crippen molar-refractivity contribution < 1.29 is 13.9 Å². The van der Waals surface area contributed by atoms with Crippen LogP contribution in [0, 0.1) is 11.2 Å². The fraction of sp³-hybridized carbons (Fsp3) is 0.500. The van der Waals surface area contributed by atoms with Crippen molar-refractivity contribution in [3.63, 3.8) is 0 Å². The van der Waals surface area contributed by atoms with Gasteiger partial charge in [0.2, 0.25) is 5.91 Å². The van der Waals surface area contributed by atoms with E-state index in [1.807, 2.05) is 30.0 Å². The normalized spacial score (nSPS) is 25.1. The predicted molar refractivity (Wildman–Crippen MR) is 113 cm³/mol. The monoisotopic (exact) mass is 411 g/mol. The molecule has 3 heterocycles. The summed E-state index contributed by atoms with van der Waals surface area (Å²) in [6.07, 6.45) is 4.14. The molecule has 2 aliphatic rings. The summed E-state index contributed by atoms with van der Waals surface area (Å²) in [5.74, 6) is -0.0847. The molecule has 2 saturated heterocycles. The molecule has 2 aliphatic heterocycles. The number of carbonyl (C=O) groups excluding carboxylic acids is 1. The van der Waals surface area contributed by atoms with Gasteiger partial charge in [-0.25, -0.2) is 4.39 Å². The van der Waals surface area contributed by atoms with E-state index in [0.717, 1.165) is 31.4 Å². The first-order chi connectivity index (χ1) is 14.6. The predicted octanol–water partition coefficient (Wildman–Crippen LogP) is 3.64. The molecule has 1 aromatic carbocycles. The second-order valence-corrected chi connectivity index (χ2v) is 8.48. The van der Waals surface area contributed by atoms with E-state index in [0.29, 0.717) is 38.5 Å². The standard InChI is InChI=1S/C24H30FN3O2/c1-2-30-20-14-24(23(29)28(16-20)15-19-8-4-3-5-9-19)11-7-13-27(18-24)17-22-21(25)10-6-12-26-22/h3-6,8-10,12,20H,2,7,11,13-18H2,1H3/t20-,24-/m0/s1. The van der Waals surface area contributed by atoms with E-state index >= 15 is 0 Å². The molecule has 0 radical (unpaired) electrons. The summed E-state index contributed by atoms with van der Waals surface area (Å²) in [4.78, 5) is 22.0. The maximum atomic E-state index is 14.1. The summed E-state index contributed by atoms with van der Waals surface area (Å²) in [5.41, 5.74) is 1.10. The maximum Gasteiger partial charge on any atom is 0.230 e. The minimum atomic E-state index is -0.476. The molecule has 1 aromatic heterocycles. The van der Waals surface area contributed by atoms with E-state index in [2.05, 4.69) is 22.0 Å². The lowest BCUT2D eigenvalue weighted by atomic mass is 9.72. The molecule has 5 nitrogen and oxygen atoms in total. The second-order valence-electron chi connectivity index (χ2n) is 8.48. The van der Waals surface area contributed by atoms with Gasteiger partial charge in [-0.1, -0.05) is 30.3 Å². The minimum Gasteiger partial charge on any atom is -0.377 e. The molecule has 2 aromatic rings. The molecule has 0 saturated carbocycles. The number of amides is 1. The number of carbonyl (C=O) groups is 1. The molecule has 0 N–H and O–H groups in total. The third kappa shape index (κ3) is 4.55. The zero-order valence-corrected chi connectivity index (χ0v) is 17.6. The lowest BCUT2D eigenvalue weighted by Gasteiger charge is -2.49. The van der Waals surface area contributed by atoms with Gasteiger partial charge >= 0.3 is 0 Å². The molecule has 160 valence electrons. The maximum absolute atomic E-state index is 14.1. The quantitative estimate of drug-likeness (QED) is 0.728. The van der Waals surface area contributed by atoms with Crippen molar-refractivity contribution in [2.45, 2.75) is 45.4 Å². The average molecular weight is 412 g/mol. The lowest BCUT2D eigenvalue weighted by molar-refractivity contribution is -0.161. The van der Waals surface area contributed by atoms with E-state index in [-0.39, 0.29) is 17.8 Å². The van der Waals surface area contributed by atoms with Crippen molar-refractivity contribution in [2.75, 3.05) is 26.2 Å².